The first-order valence-electron chi connectivity index (χ1n) is 12.2. The molecule has 7 nitrogen and oxygen atoms in total. The zero-order valence-corrected chi connectivity index (χ0v) is 20.1. The van der Waals surface area contributed by atoms with Crippen molar-refractivity contribution in [3.05, 3.63) is 59.2 Å². The first-order chi connectivity index (χ1) is 16.4. The van der Waals surface area contributed by atoms with E-state index in [9.17, 15) is 18.0 Å². The number of amides is 2. The van der Waals surface area contributed by atoms with Gasteiger partial charge in [-0.1, -0.05) is 6.07 Å². The average molecular weight is 482 g/mol. The molecule has 2 aromatic rings. The van der Waals surface area contributed by atoms with Gasteiger partial charge in [0.1, 0.15) is 0 Å². The summed E-state index contributed by atoms with van der Waals surface area (Å²) in [4.78, 5) is 27.4. The molecule has 34 heavy (non-hydrogen) atoms. The number of nitrogens with zero attached hydrogens (tertiary/aromatic N) is 1. The van der Waals surface area contributed by atoms with Gasteiger partial charge in [0.05, 0.1) is 10.8 Å². The molecule has 1 saturated heterocycles. The zero-order chi connectivity index (χ0) is 23.7. The molecule has 5 rings (SSSR count). The Morgan fingerprint density at radius 1 is 0.882 bits per heavy atom. The van der Waals surface area contributed by atoms with Gasteiger partial charge in [0.25, 0.3) is 15.9 Å². The Bertz CT molecular complexity index is 1190. The van der Waals surface area contributed by atoms with E-state index in [0.717, 1.165) is 56.9 Å². The Balaban J connectivity index is 1.23. The topological polar surface area (TPSA) is 95.6 Å². The summed E-state index contributed by atoms with van der Waals surface area (Å²) in [7, 11) is -3.71. The number of rotatable bonds is 6. The minimum atomic E-state index is -3.71. The van der Waals surface area contributed by atoms with E-state index < -0.39 is 10.0 Å². The molecule has 3 aliphatic rings. The number of fused-ring (bicyclic) bond motifs is 1. The maximum absolute atomic E-state index is 13.0. The summed E-state index contributed by atoms with van der Waals surface area (Å²) in [5.41, 5.74) is 3.24. The third-order valence-electron chi connectivity index (χ3n) is 7.02. The summed E-state index contributed by atoms with van der Waals surface area (Å²) in [5, 5.41) is 3.04. The van der Waals surface area contributed by atoms with Crippen LogP contribution in [0.25, 0.3) is 0 Å². The van der Waals surface area contributed by atoms with Gasteiger partial charge in [0, 0.05) is 30.4 Å². The Morgan fingerprint density at radius 3 is 2.35 bits per heavy atom. The second-order valence-corrected chi connectivity index (χ2v) is 11.4. The number of likely N-dealkylation sites (tertiary alicyclic amines) is 1. The summed E-state index contributed by atoms with van der Waals surface area (Å²) >= 11 is 0. The van der Waals surface area contributed by atoms with Gasteiger partial charge in [0.15, 0.2) is 0 Å². The van der Waals surface area contributed by atoms with Crippen molar-refractivity contribution in [3.63, 3.8) is 0 Å². The highest BCUT2D eigenvalue weighted by molar-refractivity contribution is 7.92. The minimum absolute atomic E-state index is 0.0481. The molecule has 0 radical (unpaired) electrons. The van der Waals surface area contributed by atoms with Crippen LogP contribution < -0.4 is 10.0 Å². The first-order valence-corrected chi connectivity index (χ1v) is 13.7. The molecule has 2 aliphatic carbocycles. The van der Waals surface area contributed by atoms with Crippen molar-refractivity contribution in [3.8, 4) is 0 Å². The molecular formula is C26H31N3O4S. The van der Waals surface area contributed by atoms with Gasteiger partial charge in [-0.05, 0) is 98.9 Å². The number of nitrogens with one attached hydrogen (secondary N) is 2. The molecule has 1 saturated carbocycles. The second kappa shape index (κ2) is 9.41. The molecule has 0 aromatic heterocycles. The molecular weight excluding hydrogens is 450 g/mol. The summed E-state index contributed by atoms with van der Waals surface area (Å²) in [6.45, 7) is 1.04. The monoisotopic (exact) mass is 481 g/mol. The van der Waals surface area contributed by atoms with Crippen LogP contribution in [0.2, 0.25) is 0 Å². The molecule has 8 heteroatoms. The number of hydrogen-bond donors (Lipinski definition) is 2. The Labute approximate surface area is 201 Å². The van der Waals surface area contributed by atoms with Crippen LogP contribution in [0.15, 0.2) is 47.4 Å². The normalized spacial score (nSPS) is 20.4. The number of anilines is 1. The molecule has 1 atom stereocenters. The van der Waals surface area contributed by atoms with Gasteiger partial charge >= 0.3 is 0 Å². The predicted molar refractivity (Wildman–Crippen MR) is 130 cm³/mol. The van der Waals surface area contributed by atoms with E-state index in [1.165, 1.54) is 5.56 Å². The van der Waals surface area contributed by atoms with E-state index in [1.807, 2.05) is 6.07 Å². The van der Waals surface area contributed by atoms with Crippen molar-refractivity contribution in [2.75, 3.05) is 17.8 Å². The van der Waals surface area contributed by atoms with Crippen LogP contribution in [-0.4, -0.2) is 44.3 Å². The standard InChI is InChI=1S/C26H31N3O4S/c30-25(27-22-12-13-22)21-6-3-15-29(17-21)26(31)19-7-10-23(11-8-19)28-34(32,33)24-14-9-18-4-1-2-5-20(18)16-24/h7-11,14,16,21-22,28H,1-6,12-13,15,17H2,(H,27,30). The smallest absolute Gasteiger partial charge is 0.261 e. The average Bonchev–Trinajstić information content (AvgIpc) is 3.67. The highest BCUT2D eigenvalue weighted by Crippen LogP contribution is 2.26. The lowest BCUT2D eigenvalue weighted by Crippen LogP contribution is -2.45. The van der Waals surface area contributed by atoms with Crippen LogP contribution in [0.4, 0.5) is 5.69 Å². The molecule has 180 valence electrons. The predicted octanol–water partition coefficient (Wildman–Crippen LogP) is 3.50. The SMILES string of the molecule is O=C(NC1CC1)C1CCCN(C(=O)c2ccc(NS(=O)(=O)c3ccc4c(c3)CCCC4)cc2)C1. The van der Waals surface area contributed by atoms with Gasteiger partial charge in [-0.15, -0.1) is 0 Å². The minimum Gasteiger partial charge on any atom is -0.353 e. The molecule has 0 bridgehead atoms. The molecule has 0 spiro atoms. The third-order valence-corrected chi connectivity index (χ3v) is 8.40. The zero-order valence-electron chi connectivity index (χ0n) is 19.3. The summed E-state index contributed by atoms with van der Waals surface area (Å²) in [6, 6.07) is 12.2. The van der Waals surface area contributed by atoms with Gasteiger partial charge in [0.2, 0.25) is 5.91 Å². The molecule has 1 unspecified atom stereocenters. The fourth-order valence-corrected chi connectivity index (χ4v) is 5.99. The number of carbonyl (C=O) groups is 2. The molecule has 1 heterocycles. The lowest BCUT2D eigenvalue weighted by atomic mass is 9.92. The summed E-state index contributed by atoms with van der Waals surface area (Å²) in [6.07, 6.45) is 7.83. The van der Waals surface area contributed by atoms with Crippen LogP contribution in [0, 0.1) is 5.92 Å². The highest BCUT2D eigenvalue weighted by atomic mass is 32.2. The van der Waals surface area contributed by atoms with Crippen molar-refractivity contribution in [1.29, 1.82) is 0 Å². The summed E-state index contributed by atoms with van der Waals surface area (Å²) < 4.78 is 28.4. The fraction of sp³-hybridized carbons (Fsp3) is 0.462. The highest BCUT2D eigenvalue weighted by Gasteiger charge is 2.32. The van der Waals surface area contributed by atoms with Crippen molar-refractivity contribution in [2.24, 2.45) is 5.92 Å². The van der Waals surface area contributed by atoms with Crippen LogP contribution >= 0.6 is 0 Å². The Kier molecular flexibility index (Phi) is 6.34. The number of piperidine rings is 1. The van der Waals surface area contributed by atoms with E-state index in [2.05, 4.69) is 10.0 Å². The van der Waals surface area contributed by atoms with Gasteiger partial charge in [-0.3, -0.25) is 14.3 Å². The fourth-order valence-electron chi connectivity index (χ4n) is 4.88. The van der Waals surface area contributed by atoms with Gasteiger partial charge in [-0.2, -0.15) is 0 Å². The van der Waals surface area contributed by atoms with E-state index in [1.54, 1.807) is 41.3 Å². The lowest BCUT2D eigenvalue weighted by molar-refractivity contribution is -0.126. The molecule has 1 aliphatic heterocycles. The molecule has 2 aromatic carbocycles. The van der Waals surface area contributed by atoms with Crippen molar-refractivity contribution < 1.29 is 18.0 Å². The quantitative estimate of drug-likeness (QED) is 0.660. The Hall–Kier alpha value is -2.87. The first kappa shape index (κ1) is 22.9. The Morgan fingerprint density at radius 2 is 1.62 bits per heavy atom. The van der Waals surface area contributed by atoms with Crippen molar-refractivity contribution in [1.82, 2.24) is 10.2 Å². The number of hydrogen-bond acceptors (Lipinski definition) is 4. The number of carbonyl (C=O) groups excluding carboxylic acids is 2. The van der Waals surface area contributed by atoms with Crippen LogP contribution in [0.5, 0.6) is 0 Å². The third kappa shape index (κ3) is 5.12. The van der Waals surface area contributed by atoms with Crippen LogP contribution in [0.1, 0.15) is 60.0 Å². The maximum Gasteiger partial charge on any atom is 0.261 e. The second-order valence-electron chi connectivity index (χ2n) is 9.69. The maximum atomic E-state index is 13.0. The number of benzene rings is 2. The lowest BCUT2D eigenvalue weighted by Gasteiger charge is -2.32. The molecule has 2 amide bonds. The van der Waals surface area contributed by atoms with Crippen molar-refractivity contribution >= 4 is 27.5 Å². The van der Waals surface area contributed by atoms with E-state index in [4.69, 9.17) is 0 Å². The van der Waals surface area contributed by atoms with Crippen LogP contribution in [0.3, 0.4) is 0 Å². The number of aryl methyl sites for hydroxylation is 2. The van der Waals surface area contributed by atoms with Crippen LogP contribution in [-0.2, 0) is 27.7 Å². The van der Waals surface area contributed by atoms with Crippen molar-refractivity contribution in [2.45, 2.75) is 62.3 Å². The van der Waals surface area contributed by atoms with Gasteiger partial charge in [-0.25, -0.2) is 8.42 Å². The van der Waals surface area contributed by atoms with E-state index in [0.29, 0.717) is 30.4 Å². The largest absolute Gasteiger partial charge is 0.353 e. The van der Waals surface area contributed by atoms with E-state index in [-0.39, 0.29) is 22.6 Å². The molecule has 2 fully saturated rings. The number of sulfonamides is 1. The van der Waals surface area contributed by atoms with E-state index >= 15 is 0 Å². The summed E-state index contributed by atoms with van der Waals surface area (Å²) in [5.74, 6) is -0.249. The van der Waals surface area contributed by atoms with Gasteiger partial charge < -0.3 is 10.2 Å². The molecule has 2 N–H and O–H groups in total.